The first kappa shape index (κ1) is 14.7. The molecule has 0 aliphatic carbocycles. The number of hydrogen-bond acceptors (Lipinski definition) is 2. The zero-order chi connectivity index (χ0) is 15.5. The number of carboxylic acid groups (broad SMARTS) is 1. The van der Waals surface area contributed by atoms with Gasteiger partial charge < -0.3 is 5.11 Å². The van der Waals surface area contributed by atoms with Crippen LogP contribution in [0, 0.1) is 11.7 Å². The largest absolute Gasteiger partial charge is 0.481 e. The van der Waals surface area contributed by atoms with Crippen LogP contribution in [-0.4, -0.2) is 29.1 Å². The Morgan fingerprint density at radius 3 is 2.59 bits per heavy atom. The molecule has 0 bridgehead atoms. The van der Waals surface area contributed by atoms with Crippen LogP contribution in [0.2, 0.25) is 0 Å². The van der Waals surface area contributed by atoms with Gasteiger partial charge in [-0.3, -0.25) is 9.69 Å². The molecule has 1 fully saturated rings. The number of nitrogens with zero attached hydrogens (tertiary/aromatic N) is 1. The van der Waals surface area contributed by atoms with Gasteiger partial charge >= 0.3 is 5.97 Å². The third-order valence-corrected chi connectivity index (χ3v) is 4.24. The molecule has 1 heterocycles. The lowest BCUT2D eigenvalue weighted by Crippen LogP contribution is -2.23. The summed E-state index contributed by atoms with van der Waals surface area (Å²) in [6.07, 6.45) is 0. The molecule has 1 unspecified atom stereocenters. The van der Waals surface area contributed by atoms with Crippen molar-refractivity contribution in [1.29, 1.82) is 0 Å². The normalized spacial score (nSPS) is 21.9. The van der Waals surface area contributed by atoms with Crippen molar-refractivity contribution in [3.8, 4) is 0 Å². The minimum Gasteiger partial charge on any atom is -0.481 e. The fourth-order valence-corrected chi connectivity index (χ4v) is 3.18. The maximum atomic E-state index is 13.4. The van der Waals surface area contributed by atoms with Gasteiger partial charge in [0.05, 0.1) is 5.92 Å². The van der Waals surface area contributed by atoms with Gasteiger partial charge in [0.2, 0.25) is 0 Å². The number of benzene rings is 2. The van der Waals surface area contributed by atoms with E-state index in [2.05, 4.69) is 4.90 Å². The summed E-state index contributed by atoms with van der Waals surface area (Å²) in [5.74, 6) is -1.80. The maximum Gasteiger partial charge on any atom is 0.308 e. The van der Waals surface area contributed by atoms with Gasteiger partial charge in [0, 0.05) is 25.6 Å². The quantitative estimate of drug-likeness (QED) is 0.943. The number of carbonyl (C=O) groups is 1. The molecule has 114 valence electrons. The number of hydrogen-bond donors (Lipinski definition) is 1. The first-order chi connectivity index (χ1) is 10.6. The second-order valence-electron chi connectivity index (χ2n) is 5.79. The lowest BCUT2D eigenvalue weighted by atomic mass is 9.89. The van der Waals surface area contributed by atoms with Crippen LogP contribution in [-0.2, 0) is 11.3 Å². The van der Waals surface area contributed by atoms with E-state index in [1.807, 2.05) is 36.4 Å². The second-order valence-corrected chi connectivity index (χ2v) is 5.79. The summed E-state index contributed by atoms with van der Waals surface area (Å²) < 4.78 is 13.4. The van der Waals surface area contributed by atoms with Crippen LogP contribution in [0.4, 0.5) is 4.39 Å². The van der Waals surface area contributed by atoms with E-state index in [4.69, 9.17) is 0 Å². The molecule has 3 nitrogen and oxygen atoms in total. The van der Waals surface area contributed by atoms with Gasteiger partial charge in [0.25, 0.3) is 0 Å². The van der Waals surface area contributed by atoms with Crippen molar-refractivity contribution in [3.63, 3.8) is 0 Å². The Balaban J connectivity index is 1.79. The van der Waals surface area contributed by atoms with Gasteiger partial charge in [0.15, 0.2) is 0 Å². The number of likely N-dealkylation sites (tertiary alicyclic amines) is 1. The molecule has 22 heavy (non-hydrogen) atoms. The van der Waals surface area contributed by atoms with Gasteiger partial charge in [-0.2, -0.15) is 0 Å². The molecule has 1 saturated heterocycles. The molecule has 0 saturated carbocycles. The molecule has 3 rings (SSSR count). The lowest BCUT2D eigenvalue weighted by Gasteiger charge is -2.16. The molecule has 0 radical (unpaired) electrons. The van der Waals surface area contributed by atoms with Crippen LogP contribution in [0.25, 0.3) is 0 Å². The fraction of sp³-hybridized carbons (Fsp3) is 0.278. The van der Waals surface area contributed by atoms with Gasteiger partial charge in [-0.15, -0.1) is 0 Å². The van der Waals surface area contributed by atoms with E-state index in [0.29, 0.717) is 13.1 Å². The first-order valence-corrected chi connectivity index (χ1v) is 7.38. The average Bonchev–Trinajstić information content (AvgIpc) is 2.92. The third kappa shape index (κ3) is 3.17. The molecular formula is C18H18FNO2. The van der Waals surface area contributed by atoms with E-state index in [1.54, 1.807) is 6.07 Å². The number of carboxylic acids is 1. The summed E-state index contributed by atoms with van der Waals surface area (Å²) in [5, 5.41) is 9.48. The zero-order valence-corrected chi connectivity index (χ0v) is 12.2. The first-order valence-electron chi connectivity index (χ1n) is 7.38. The zero-order valence-electron chi connectivity index (χ0n) is 12.2. The van der Waals surface area contributed by atoms with E-state index in [9.17, 15) is 14.3 Å². The highest BCUT2D eigenvalue weighted by Gasteiger charge is 2.38. The molecular weight excluding hydrogens is 281 g/mol. The predicted molar refractivity (Wildman–Crippen MR) is 82.0 cm³/mol. The van der Waals surface area contributed by atoms with Crippen LogP contribution >= 0.6 is 0 Å². The molecule has 1 aliphatic rings. The molecule has 2 atom stereocenters. The van der Waals surface area contributed by atoms with Crippen molar-refractivity contribution in [3.05, 3.63) is 71.5 Å². The predicted octanol–water partition coefficient (Wildman–Crippen LogP) is 3.13. The number of rotatable bonds is 4. The molecule has 1 N–H and O–H groups in total. The second kappa shape index (κ2) is 6.28. The summed E-state index contributed by atoms with van der Waals surface area (Å²) in [7, 11) is 0. The van der Waals surface area contributed by atoms with E-state index >= 15 is 0 Å². The Morgan fingerprint density at radius 2 is 1.91 bits per heavy atom. The Bertz CT molecular complexity index is 659. The minimum atomic E-state index is -0.815. The Morgan fingerprint density at radius 1 is 1.14 bits per heavy atom. The highest BCUT2D eigenvalue weighted by molar-refractivity contribution is 5.72. The lowest BCUT2D eigenvalue weighted by molar-refractivity contribution is -0.141. The van der Waals surface area contributed by atoms with Gasteiger partial charge in [-0.05, 0) is 23.3 Å². The van der Waals surface area contributed by atoms with Crippen LogP contribution in [0.1, 0.15) is 17.0 Å². The SMILES string of the molecule is O=C(O)[C@@H]1CN(Cc2ccccc2)CC1c1cccc(F)c1. The topological polar surface area (TPSA) is 40.5 Å². The Hall–Kier alpha value is -2.20. The van der Waals surface area contributed by atoms with Crippen LogP contribution in [0.15, 0.2) is 54.6 Å². The van der Waals surface area contributed by atoms with Gasteiger partial charge in [-0.25, -0.2) is 4.39 Å². The molecule has 0 spiro atoms. The summed E-state index contributed by atoms with van der Waals surface area (Å²) in [5.41, 5.74) is 1.93. The van der Waals surface area contributed by atoms with Crippen LogP contribution in [0.5, 0.6) is 0 Å². The van der Waals surface area contributed by atoms with Crippen molar-refractivity contribution in [2.75, 3.05) is 13.1 Å². The van der Waals surface area contributed by atoms with Crippen molar-refractivity contribution in [2.45, 2.75) is 12.5 Å². The van der Waals surface area contributed by atoms with E-state index in [0.717, 1.165) is 17.7 Å². The molecule has 4 heteroatoms. The highest BCUT2D eigenvalue weighted by atomic mass is 19.1. The Labute approximate surface area is 129 Å². The van der Waals surface area contributed by atoms with Gasteiger partial charge in [-0.1, -0.05) is 42.5 Å². The van der Waals surface area contributed by atoms with Crippen LogP contribution < -0.4 is 0 Å². The average molecular weight is 299 g/mol. The number of halogens is 1. The summed E-state index contributed by atoms with van der Waals surface area (Å²) in [4.78, 5) is 13.7. The maximum absolute atomic E-state index is 13.4. The van der Waals surface area contributed by atoms with Crippen molar-refractivity contribution in [2.24, 2.45) is 5.92 Å². The monoisotopic (exact) mass is 299 g/mol. The van der Waals surface area contributed by atoms with Crippen LogP contribution in [0.3, 0.4) is 0 Å². The standard InChI is InChI=1S/C18H18FNO2/c19-15-8-4-7-14(9-15)16-11-20(12-17(16)18(21)22)10-13-5-2-1-3-6-13/h1-9,16-17H,10-12H2,(H,21,22)/t16?,17-/m1/s1. The molecule has 0 aromatic heterocycles. The summed E-state index contributed by atoms with van der Waals surface area (Å²) in [6.45, 7) is 1.84. The number of aliphatic carboxylic acids is 1. The minimum absolute atomic E-state index is 0.170. The van der Waals surface area contributed by atoms with E-state index in [1.165, 1.54) is 12.1 Å². The van der Waals surface area contributed by atoms with Crippen molar-refractivity contribution < 1.29 is 14.3 Å². The van der Waals surface area contributed by atoms with Crippen molar-refractivity contribution in [1.82, 2.24) is 4.90 Å². The smallest absolute Gasteiger partial charge is 0.308 e. The summed E-state index contributed by atoms with van der Waals surface area (Å²) in [6, 6.07) is 16.3. The third-order valence-electron chi connectivity index (χ3n) is 4.24. The molecule has 2 aromatic rings. The Kier molecular flexibility index (Phi) is 4.20. The molecule has 0 amide bonds. The van der Waals surface area contributed by atoms with E-state index < -0.39 is 11.9 Å². The van der Waals surface area contributed by atoms with Gasteiger partial charge in [0.1, 0.15) is 5.82 Å². The summed E-state index contributed by atoms with van der Waals surface area (Å²) >= 11 is 0. The highest BCUT2D eigenvalue weighted by Crippen LogP contribution is 2.33. The molecule has 2 aromatic carbocycles. The fourth-order valence-electron chi connectivity index (χ4n) is 3.18. The molecule has 1 aliphatic heterocycles. The van der Waals surface area contributed by atoms with E-state index in [-0.39, 0.29) is 11.7 Å². The van der Waals surface area contributed by atoms with Crippen molar-refractivity contribution >= 4 is 5.97 Å².